The van der Waals surface area contributed by atoms with Gasteiger partial charge in [-0.05, 0) is 83.3 Å². The van der Waals surface area contributed by atoms with Gasteiger partial charge in [0.1, 0.15) is 5.75 Å². The first-order valence-electron chi connectivity index (χ1n) is 13.4. The fourth-order valence-corrected chi connectivity index (χ4v) is 5.15. The van der Waals surface area contributed by atoms with Gasteiger partial charge >= 0.3 is 0 Å². The SMILES string of the molecule is COc1cc(C)c(-c2nc3ccccc3c(=O)n2N=Cc2cccn2-c2ccc3ccccc3c2)cc1C(C)C. The predicted molar refractivity (Wildman–Crippen MR) is 163 cm³/mol. The van der Waals surface area contributed by atoms with E-state index in [2.05, 4.69) is 54.8 Å². The molecule has 0 bridgehead atoms. The summed E-state index contributed by atoms with van der Waals surface area (Å²) in [5.74, 6) is 1.54. The Morgan fingerprint density at radius 1 is 0.900 bits per heavy atom. The van der Waals surface area contributed by atoms with Crippen LogP contribution in [-0.2, 0) is 0 Å². The lowest BCUT2D eigenvalue weighted by Crippen LogP contribution is -2.21. The van der Waals surface area contributed by atoms with Crippen molar-refractivity contribution in [3.05, 3.63) is 124 Å². The van der Waals surface area contributed by atoms with Crippen molar-refractivity contribution in [3.8, 4) is 22.8 Å². The van der Waals surface area contributed by atoms with Crippen LogP contribution in [0.25, 0.3) is 38.8 Å². The molecule has 6 rings (SSSR count). The van der Waals surface area contributed by atoms with E-state index in [0.29, 0.717) is 16.7 Å². The molecule has 0 saturated carbocycles. The summed E-state index contributed by atoms with van der Waals surface area (Å²) in [7, 11) is 1.68. The first-order valence-corrected chi connectivity index (χ1v) is 13.4. The van der Waals surface area contributed by atoms with Gasteiger partial charge in [-0.15, -0.1) is 0 Å². The summed E-state index contributed by atoms with van der Waals surface area (Å²) < 4.78 is 9.14. The van der Waals surface area contributed by atoms with Gasteiger partial charge in [0.2, 0.25) is 0 Å². The highest BCUT2D eigenvalue weighted by Gasteiger charge is 2.18. The van der Waals surface area contributed by atoms with Crippen LogP contribution in [0.4, 0.5) is 0 Å². The molecule has 0 aliphatic heterocycles. The third-order valence-corrected chi connectivity index (χ3v) is 7.29. The minimum Gasteiger partial charge on any atom is -0.496 e. The molecule has 0 saturated heterocycles. The highest BCUT2D eigenvalue weighted by Crippen LogP contribution is 2.34. The van der Waals surface area contributed by atoms with Crippen LogP contribution in [0, 0.1) is 6.92 Å². The fraction of sp³-hybridized carbons (Fsp3) is 0.147. The minimum absolute atomic E-state index is 0.220. The van der Waals surface area contributed by atoms with Crippen molar-refractivity contribution in [1.82, 2.24) is 14.2 Å². The van der Waals surface area contributed by atoms with E-state index >= 15 is 0 Å². The zero-order chi connectivity index (χ0) is 27.8. The van der Waals surface area contributed by atoms with Gasteiger partial charge in [0, 0.05) is 17.4 Å². The molecular weight excluding hydrogens is 496 g/mol. The molecular formula is C34H30N4O2. The summed E-state index contributed by atoms with van der Waals surface area (Å²) >= 11 is 0. The number of ether oxygens (including phenoxy) is 1. The van der Waals surface area contributed by atoms with Crippen LogP contribution >= 0.6 is 0 Å². The maximum Gasteiger partial charge on any atom is 0.282 e. The van der Waals surface area contributed by atoms with E-state index < -0.39 is 0 Å². The number of methoxy groups -OCH3 is 1. The number of hydrogen-bond acceptors (Lipinski definition) is 4. The second-order valence-corrected chi connectivity index (χ2v) is 10.2. The van der Waals surface area contributed by atoms with Crippen molar-refractivity contribution in [3.63, 3.8) is 0 Å². The van der Waals surface area contributed by atoms with Gasteiger partial charge in [-0.25, -0.2) is 4.98 Å². The third-order valence-electron chi connectivity index (χ3n) is 7.29. The van der Waals surface area contributed by atoms with E-state index in [4.69, 9.17) is 14.8 Å². The van der Waals surface area contributed by atoms with Gasteiger partial charge in [-0.1, -0.05) is 56.3 Å². The van der Waals surface area contributed by atoms with Crippen molar-refractivity contribution in [2.75, 3.05) is 7.11 Å². The molecule has 0 N–H and O–H groups in total. The Morgan fingerprint density at radius 3 is 2.48 bits per heavy atom. The van der Waals surface area contributed by atoms with Gasteiger partial charge in [0.05, 0.1) is 29.9 Å². The number of benzene rings is 4. The third kappa shape index (κ3) is 4.47. The molecule has 0 aliphatic rings. The molecule has 4 aromatic carbocycles. The molecule has 0 unspecified atom stereocenters. The first-order chi connectivity index (χ1) is 19.4. The lowest BCUT2D eigenvalue weighted by Gasteiger charge is -2.17. The maximum atomic E-state index is 13.8. The van der Waals surface area contributed by atoms with Gasteiger partial charge in [-0.2, -0.15) is 9.78 Å². The molecule has 2 heterocycles. The van der Waals surface area contributed by atoms with Crippen molar-refractivity contribution < 1.29 is 4.74 Å². The molecule has 0 amide bonds. The van der Waals surface area contributed by atoms with Crippen molar-refractivity contribution in [1.29, 1.82) is 0 Å². The van der Waals surface area contributed by atoms with Gasteiger partial charge < -0.3 is 9.30 Å². The molecule has 2 aromatic heterocycles. The van der Waals surface area contributed by atoms with Gasteiger partial charge in [0.15, 0.2) is 5.82 Å². The molecule has 40 heavy (non-hydrogen) atoms. The first kappa shape index (κ1) is 25.3. The summed E-state index contributed by atoms with van der Waals surface area (Å²) in [6.45, 7) is 6.25. The molecule has 6 heteroatoms. The summed E-state index contributed by atoms with van der Waals surface area (Å²) in [6, 6.07) is 30.0. The van der Waals surface area contributed by atoms with Crippen LogP contribution in [0.1, 0.15) is 36.6 Å². The number of aromatic nitrogens is 3. The van der Waals surface area contributed by atoms with Gasteiger partial charge in [-0.3, -0.25) is 4.79 Å². The molecule has 198 valence electrons. The van der Waals surface area contributed by atoms with Crippen LogP contribution in [0.5, 0.6) is 5.75 Å². The zero-order valence-corrected chi connectivity index (χ0v) is 23.0. The van der Waals surface area contributed by atoms with E-state index in [1.807, 2.05) is 61.7 Å². The normalized spacial score (nSPS) is 11.7. The molecule has 0 atom stereocenters. The molecule has 0 aliphatic carbocycles. The maximum absolute atomic E-state index is 13.8. The van der Waals surface area contributed by atoms with E-state index in [0.717, 1.165) is 39.2 Å². The Labute approximate surface area is 232 Å². The zero-order valence-electron chi connectivity index (χ0n) is 23.0. The van der Waals surface area contributed by atoms with E-state index in [-0.39, 0.29) is 11.5 Å². The Hall–Kier alpha value is -4.97. The van der Waals surface area contributed by atoms with E-state index in [1.54, 1.807) is 19.4 Å². The summed E-state index contributed by atoms with van der Waals surface area (Å²) in [5.41, 5.74) is 5.11. The average Bonchev–Trinajstić information content (AvgIpc) is 3.44. The van der Waals surface area contributed by atoms with Crippen LogP contribution < -0.4 is 10.3 Å². The molecule has 0 radical (unpaired) electrons. The van der Waals surface area contributed by atoms with Gasteiger partial charge in [0.25, 0.3) is 5.56 Å². The molecule has 6 nitrogen and oxygen atoms in total. The summed E-state index contributed by atoms with van der Waals surface area (Å²) in [6.07, 6.45) is 3.72. The average molecular weight is 527 g/mol. The number of rotatable bonds is 6. The Balaban J connectivity index is 1.52. The standard InChI is InChI=1S/C34H30N4O2/c1-22(2)29-20-30(23(3)18-32(29)40-4)33-36-31-14-8-7-13-28(31)34(39)38(33)35-21-27-12-9-17-37(27)26-16-15-24-10-5-6-11-25(24)19-26/h5-22H,1-4H3. The fourth-order valence-electron chi connectivity index (χ4n) is 5.15. The Bertz CT molecular complexity index is 1960. The summed E-state index contributed by atoms with van der Waals surface area (Å²) in [5, 5.41) is 7.60. The minimum atomic E-state index is -0.220. The number of para-hydroxylation sites is 1. The topological polar surface area (TPSA) is 61.4 Å². The highest BCUT2D eigenvalue weighted by molar-refractivity contribution is 5.86. The number of hydrogen-bond donors (Lipinski definition) is 0. The van der Waals surface area contributed by atoms with Crippen LogP contribution in [0.2, 0.25) is 0 Å². The van der Waals surface area contributed by atoms with Crippen molar-refractivity contribution in [2.24, 2.45) is 5.10 Å². The highest BCUT2D eigenvalue weighted by atomic mass is 16.5. The smallest absolute Gasteiger partial charge is 0.282 e. The summed E-state index contributed by atoms with van der Waals surface area (Å²) in [4.78, 5) is 18.8. The Kier molecular flexibility index (Phi) is 6.52. The predicted octanol–water partition coefficient (Wildman–Crippen LogP) is 7.33. The molecule has 0 spiro atoms. The molecule has 6 aromatic rings. The van der Waals surface area contributed by atoms with E-state index in [1.165, 1.54) is 10.1 Å². The monoisotopic (exact) mass is 526 g/mol. The quantitative estimate of drug-likeness (QED) is 0.214. The lowest BCUT2D eigenvalue weighted by atomic mass is 9.96. The molecule has 0 fully saturated rings. The number of aryl methyl sites for hydroxylation is 1. The second-order valence-electron chi connectivity index (χ2n) is 10.2. The number of fused-ring (bicyclic) bond motifs is 2. The van der Waals surface area contributed by atoms with Crippen LogP contribution in [-0.4, -0.2) is 27.6 Å². The van der Waals surface area contributed by atoms with Crippen LogP contribution in [0.15, 0.2) is 107 Å². The lowest BCUT2D eigenvalue weighted by molar-refractivity contribution is 0.407. The largest absolute Gasteiger partial charge is 0.496 e. The Morgan fingerprint density at radius 2 is 1.68 bits per heavy atom. The second kappa shape index (κ2) is 10.3. The number of nitrogens with zero attached hydrogens (tertiary/aromatic N) is 4. The van der Waals surface area contributed by atoms with Crippen LogP contribution in [0.3, 0.4) is 0 Å². The van der Waals surface area contributed by atoms with Crippen molar-refractivity contribution >= 4 is 27.9 Å². The van der Waals surface area contributed by atoms with E-state index in [9.17, 15) is 4.79 Å². The van der Waals surface area contributed by atoms with Crippen molar-refractivity contribution in [2.45, 2.75) is 26.7 Å².